The first-order valence-electron chi connectivity index (χ1n) is 9.32. The van der Waals surface area contributed by atoms with Gasteiger partial charge < -0.3 is 15.5 Å². The number of piperidine rings is 1. The molecule has 0 spiro atoms. The highest BCUT2D eigenvalue weighted by Crippen LogP contribution is 2.20. The van der Waals surface area contributed by atoms with Crippen LogP contribution in [0.15, 0.2) is 9.41 Å². The van der Waals surface area contributed by atoms with Crippen molar-refractivity contribution in [2.24, 2.45) is 16.6 Å². The molecule has 1 aromatic heterocycles. The van der Waals surface area contributed by atoms with E-state index in [0.29, 0.717) is 17.9 Å². The maximum absolute atomic E-state index is 6.02. The normalized spacial score (nSPS) is 21.5. The summed E-state index contributed by atoms with van der Waals surface area (Å²) in [5.41, 5.74) is 7.02. The zero-order valence-electron chi connectivity index (χ0n) is 15.1. The Morgan fingerprint density at radius 1 is 1.25 bits per heavy atom. The zero-order valence-corrected chi connectivity index (χ0v) is 15.1. The second-order valence-electron chi connectivity index (χ2n) is 7.32. The molecule has 24 heavy (non-hydrogen) atoms. The summed E-state index contributed by atoms with van der Waals surface area (Å²) in [6.45, 7) is 7.79. The molecule has 1 aromatic rings. The van der Waals surface area contributed by atoms with E-state index in [4.69, 9.17) is 10.2 Å². The minimum atomic E-state index is 0.545. The number of nitrogens with zero attached hydrogens (tertiary/aromatic N) is 3. The molecule has 1 saturated carbocycles. The maximum atomic E-state index is 6.02. The van der Waals surface area contributed by atoms with Crippen LogP contribution in [-0.2, 0) is 6.54 Å². The van der Waals surface area contributed by atoms with E-state index in [1.807, 2.05) is 13.8 Å². The topological polar surface area (TPSA) is 79.7 Å². The third-order valence-electron chi connectivity index (χ3n) is 5.37. The minimum Gasteiger partial charge on any atom is -0.444 e. The average Bonchev–Trinajstić information content (AvgIpc) is 3.17. The Morgan fingerprint density at radius 2 is 1.96 bits per heavy atom. The molecule has 0 unspecified atom stereocenters. The van der Waals surface area contributed by atoms with Crippen LogP contribution in [0.3, 0.4) is 0 Å². The van der Waals surface area contributed by atoms with E-state index in [1.165, 1.54) is 38.5 Å². The summed E-state index contributed by atoms with van der Waals surface area (Å²) in [5.74, 6) is 3.04. The van der Waals surface area contributed by atoms with E-state index in [0.717, 1.165) is 43.5 Å². The zero-order chi connectivity index (χ0) is 16.9. The summed E-state index contributed by atoms with van der Waals surface area (Å²) in [6.07, 6.45) is 7.42. The van der Waals surface area contributed by atoms with Crippen molar-refractivity contribution in [3.8, 4) is 0 Å². The molecule has 6 heteroatoms. The quantitative estimate of drug-likeness (QED) is 0.639. The van der Waals surface area contributed by atoms with Gasteiger partial charge in [0.15, 0.2) is 5.96 Å². The number of aromatic nitrogens is 1. The van der Waals surface area contributed by atoms with Gasteiger partial charge in [0.25, 0.3) is 0 Å². The second kappa shape index (κ2) is 8.01. The molecule has 2 aliphatic rings. The molecule has 0 atom stereocenters. The Kier molecular flexibility index (Phi) is 5.76. The second-order valence-corrected chi connectivity index (χ2v) is 7.32. The fourth-order valence-corrected chi connectivity index (χ4v) is 3.68. The summed E-state index contributed by atoms with van der Waals surface area (Å²) in [6, 6.07) is 0.545. The van der Waals surface area contributed by atoms with Crippen molar-refractivity contribution in [3.05, 3.63) is 17.3 Å². The van der Waals surface area contributed by atoms with Crippen LogP contribution in [-0.4, -0.2) is 41.5 Å². The first-order chi connectivity index (χ1) is 11.6. The van der Waals surface area contributed by atoms with Crippen molar-refractivity contribution in [2.75, 3.05) is 19.6 Å². The van der Waals surface area contributed by atoms with Crippen LogP contribution in [0, 0.1) is 19.8 Å². The molecular formula is C18H31N5O. The monoisotopic (exact) mass is 333 g/mol. The third-order valence-corrected chi connectivity index (χ3v) is 5.37. The molecule has 2 heterocycles. The fraction of sp³-hybridized carbons (Fsp3) is 0.778. The van der Waals surface area contributed by atoms with Crippen LogP contribution in [0.2, 0.25) is 0 Å². The van der Waals surface area contributed by atoms with Gasteiger partial charge in [0.1, 0.15) is 5.76 Å². The summed E-state index contributed by atoms with van der Waals surface area (Å²) < 4.78 is 5.69. The largest absolute Gasteiger partial charge is 0.444 e. The summed E-state index contributed by atoms with van der Waals surface area (Å²) in [5, 5.41) is 3.36. The SMILES string of the molecule is Cc1nc(CN2CCC(CN=C(N)NC3CCCC3)CC2)oc1C. The summed E-state index contributed by atoms with van der Waals surface area (Å²) >= 11 is 0. The number of rotatable bonds is 5. The molecule has 3 rings (SSSR count). The van der Waals surface area contributed by atoms with Gasteiger partial charge in [-0.2, -0.15) is 0 Å². The van der Waals surface area contributed by atoms with Gasteiger partial charge in [-0.15, -0.1) is 0 Å². The van der Waals surface area contributed by atoms with Gasteiger partial charge in [-0.1, -0.05) is 12.8 Å². The van der Waals surface area contributed by atoms with Crippen molar-refractivity contribution < 1.29 is 4.42 Å². The van der Waals surface area contributed by atoms with E-state index in [2.05, 4.69) is 20.2 Å². The summed E-state index contributed by atoms with van der Waals surface area (Å²) in [7, 11) is 0. The fourth-order valence-electron chi connectivity index (χ4n) is 3.68. The van der Waals surface area contributed by atoms with E-state index < -0.39 is 0 Å². The van der Waals surface area contributed by atoms with Crippen molar-refractivity contribution in [3.63, 3.8) is 0 Å². The molecule has 2 fully saturated rings. The van der Waals surface area contributed by atoms with Crippen molar-refractivity contribution in [1.82, 2.24) is 15.2 Å². The highest BCUT2D eigenvalue weighted by atomic mass is 16.4. The lowest BCUT2D eigenvalue weighted by molar-refractivity contribution is 0.166. The van der Waals surface area contributed by atoms with Gasteiger partial charge in [-0.25, -0.2) is 4.98 Å². The standard InChI is InChI=1S/C18H31N5O/c1-13-14(2)24-17(21-13)12-23-9-7-15(8-10-23)11-20-18(19)22-16-5-3-4-6-16/h15-16H,3-12H2,1-2H3,(H3,19,20,22). The van der Waals surface area contributed by atoms with Gasteiger partial charge in [0.2, 0.25) is 5.89 Å². The number of nitrogens with two attached hydrogens (primary N) is 1. The molecule has 0 aromatic carbocycles. The molecule has 0 bridgehead atoms. The van der Waals surface area contributed by atoms with E-state index in [1.54, 1.807) is 0 Å². The number of nitrogens with one attached hydrogen (secondary N) is 1. The van der Waals surface area contributed by atoms with Crippen molar-refractivity contribution >= 4 is 5.96 Å². The average molecular weight is 333 g/mol. The van der Waals surface area contributed by atoms with Gasteiger partial charge in [0.05, 0.1) is 12.2 Å². The van der Waals surface area contributed by atoms with Crippen LogP contribution in [0.1, 0.15) is 55.9 Å². The first-order valence-corrected chi connectivity index (χ1v) is 9.32. The Bertz CT molecular complexity index is 534. The van der Waals surface area contributed by atoms with E-state index in [-0.39, 0.29) is 0 Å². The molecule has 0 radical (unpaired) electrons. The Balaban J connectivity index is 1.38. The predicted molar refractivity (Wildman–Crippen MR) is 95.9 cm³/mol. The minimum absolute atomic E-state index is 0.545. The van der Waals surface area contributed by atoms with Crippen LogP contribution in [0.5, 0.6) is 0 Å². The first kappa shape index (κ1) is 17.3. The number of likely N-dealkylation sites (tertiary alicyclic amines) is 1. The Hall–Kier alpha value is -1.56. The molecule has 0 amide bonds. The van der Waals surface area contributed by atoms with Crippen LogP contribution in [0.4, 0.5) is 0 Å². The Labute approximate surface area is 144 Å². The molecule has 1 aliphatic heterocycles. The molecular weight excluding hydrogens is 302 g/mol. The lowest BCUT2D eigenvalue weighted by atomic mass is 9.97. The van der Waals surface area contributed by atoms with Crippen LogP contribution >= 0.6 is 0 Å². The predicted octanol–water partition coefficient (Wildman–Crippen LogP) is 2.35. The number of oxazole rings is 1. The number of hydrogen-bond donors (Lipinski definition) is 2. The van der Waals surface area contributed by atoms with Crippen molar-refractivity contribution in [1.29, 1.82) is 0 Å². The van der Waals surface area contributed by atoms with Gasteiger partial charge >= 0.3 is 0 Å². The highest BCUT2D eigenvalue weighted by molar-refractivity contribution is 5.78. The number of hydrogen-bond acceptors (Lipinski definition) is 4. The van der Waals surface area contributed by atoms with Crippen LogP contribution < -0.4 is 11.1 Å². The molecule has 3 N–H and O–H groups in total. The van der Waals surface area contributed by atoms with Crippen LogP contribution in [0.25, 0.3) is 0 Å². The highest BCUT2D eigenvalue weighted by Gasteiger charge is 2.21. The number of guanidine groups is 1. The lowest BCUT2D eigenvalue weighted by Gasteiger charge is -2.30. The molecule has 6 nitrogen and oxygen atoms in total. The lowest BCUT2D eigenvalue weighted by Crippen LogP contribution is -2.39. The molecule has 1 aliphatic carbocycles. The smallest absolute Gasteiger partial charge is 0.208 e. The number of aliphatic imine (C=N–C) groups is 1. The van der Waals surface area contributed by atoms with Gasteiger partial charge in [-0.3, -0.25) is 9.89 Å². The Morgan fingerprint density at radius 3 is 2.58 bits per heavy atom. The van der Waals surface area contributed by atoms with Crippen molar-refractivity contribution in [2.45, 2.75) is 65.0 Å². The van der Waals surface area contributed by atoms with Gasteiger partial charge in [0, 0.05) is 12.6 Å². The third kappa shape index (κ3) is 4.72. The van der Waals surface area contributed by atoms with Gasteiger partial charge in [-0.05, 0) is 58.5 Å². The molecule has 1 saturated heterocycles. The van der Waals surface area contributed by atoms with E-state index >= 15 is 0 Å². The number of aryl methyl sites for hydroxylation is 2. The molecule has 134 valence electrons. The van der Waals surface area contributed by atoms with E-state index in [9.17, 15) is 0 Å². The summed E-state index contributed by atoms with van der Waals surface area (Å²) in [4.78, 5) is 11.5. The maximum Gasteiger partial charge on any atom is 0.208 e.